The molecule has 0 unspecified atom stereocenters. The molecule has 3 aliphatic heterocycles. The Morgan fingerprint density at radius 1 is 1.06 bits per heavy atom. The summed E-state index contributed by atoms with van der Waals surface area (Å²) in [6.07, 6.45) is 1.80. The number of piperidine rings is 1. The summed E-state index contributed by atoms with van der Waals surface area (Å²) in [5.74, 6) is -1.10. The number of aliphatic hydroxyl groups excluding tert-OH is 1. The minimum atomic E-state index is -1.45. The summed E-state index contributed by atoms with van der Waals surface area (Å²) in [4.78, 5) is 47.8. The van der Waals surface area contributed by atoms with Crippen molar-refractivity contribution in [2.75, 3.05) is 54.0 Å². The van der Waals surface area contributed by atoms with E-state index in [4.69, 9.17) is 18.9 Å². The summed E-state index contributed by atoms with van der Waals surface area (Å²) < 4.78 is 25.3. The Hall–Kier alpha value is -2.41. The number of carbonyl (C=O) groups is 3. The summed E-state index contributed by atoms with van der Waals surface area (Å²) in [5.41, 5.74) is -1.70. The molecule has 0 saturated carbocycles. The van der Waals surface area contributed by atoms with E-state index in [1.165, 1.54) is 0 Å². The zero-order chi connectivity index (χ0) is 38.4. The highest BCUT2D eigenvalue weighted by atomic mass is 16.7. The van der Waals surface area contributed by atoms with Crippen LogP contribution < -0.4 is 0 Å². The van der Waals surface area contributed by atoms with E-state index in [-0.39, 0.29) is 42.4 Å². The first-order chi connectivity index (χ1) is 24.5. The summed E-state index contributed by atoms with van der Waals surface area (Å²) in [6.45, 7) is 16.5. The third kappa shape index (κ3) is 10.0. The van der Waals surface area contributed by atoms with E-state index in [0.717, 1.165) is 38.8 Å². The molecule has 11 nitrogen and oxygen atoms in total. The Bertz CT molecular complexity index is 1320. The number of methoxy groups -OCH3 is 1. The van der Waals surface area contributed by atoms with Crippen LogP contribution in [0.2, 0.25) is 0 Å². The van der Waals surface area contributed by atoms with E-state index in [0.29, 0.717) is 37.4 Å². The number of esters is 1. The van der Waals surface area contributed by atoms with Gasteiger partial charge in [0.05, 0.1) is 17.8 Å². The lowest BCUT2D eigenvalue weighted by atomic mass is 9.74. The fourth-order valence-corrected chi connectivity index (χ4v) is 8.77. The van der Waals surface area contributed by atoms with Crippen LogP contribution in [0.25, 0.3) is 0 Å². The van der Waals surface area contributed by atoms with Crippen molar-refractivity contribution in [2.24, 2.45) is 23.2 Å². The summed E-state index contributed by atoms with van der Waals surface area (Å²) >= 11 is 0. The van der Waals surface area contributed by atoms with Gasteiger partial charge in [0.1, 0.15) is 18.1 Å². The second-order valence-corrected chi connectivity index (χ2v) is 16.8. The first kappa shape index (κ1) is 42.3. The Morgan fingerprint density at radius 2 is 1.71 bits per heavy atom. The average Bonchev–Trinajstić information content (AvgIpc) is 3.12. The molecular formula is C41H67N3O8. The molecule has 1 N–H and O–H groups in total. The predicted octanol–water partition coefficient (Wildman–Crippen LogP) is 5.04. The van der Waals surface area contributed by atoms with Gasteiger partial charge in [0.15, 0.2) is 12.1 Å². The van der Waals surface area contributed by atoms with Gasteiger partial charge in [0.2, 0.25) is 0 Å². The Morgan fingerprint density at radius 3 is 2.31 bits per heavy atom. The van der Waals surface area contributed by atoms with E-state index in [1.807, 2.05) is 68.1 Å². The number of hydrogen-bond acceptors (Lipinski definition) is 10. The molecule has 1 amide bonds. The molecular weight excluding hydrogens is 662 g/mol. The molecule has 11 heteroatoms. The Kier molecular flexibility index (Phi) is 14.9. The highest BCUT2D eigenvalue weighted by Crippen LogP contribution is 2.39. The highest BCUT2D eigenvalue weighted by molar-refractivity contribution is 6.04. The van der Waals surface area contributed by atoms with Crippen LogP contribution in [0.3, 0.4) is 0 Å². The lowest BCUT2D eigenvalue weighted by Gasteiger charge is -2.47. The van der Waals surface area contributed by atoms with Gasteiger partial charge < -0.3 is 33.9 Å². The predicted molar refractivity (Wildman–Crippen MR) is 201 cm³/mol. The molecule has 3 heterocycles. The van der Waals surface area contributed by atoms with Crippen LogP contribution in [0, 0.1) is 23.2 Å². The second kappa shape index (κ2) is 18.3. The number of hydrogen-bond donors (Lipinski definition) is 1. The summed E-state index contributed by atoms with van der Waals surface area (Å²) in [6, 6.07) is 9.20. The molecule has 3 saturated heterocycles. The number of ether oxygens (including phenoxy) is 4. The van der Waals surface area contributed by atoms with E-state index in [2.05, 4.69) is 18.7 Å². The van der Waals surface area contributed by atoms with Crippen LogP contribution in [-0.4, -0.2) is 134 Å². The zero-order valence-corrected chi connectivity index (χ0v) is 33.5. The summed E-state index contributed by atoms with van der Waals surface area (Å²) in [7, 11) is 5.49. The zero-order valence-electron chi connectivity index (χ0n) is 33.5. The van der Waals surface area contributed by atoms with Gasteiger partial charge in [0.25, 0.3) is 5.91 Å². The Balaban J connectivity index is 1.59. The number of benzene rings is 1. The molecule has 0 aromatic heterocycles. The van der Waals surface area contributed by atoms with Crippen LogP contribution >= 0.6 is 0 Å². The van der Waals surface area contributed by atoms with E-state index < -0.39 is 41.4 Å². The number of nitrogens with zero attached hydrogens (tertiary/aromatic N) is 3. The van der Waals surface area contributed by atoms with Crippen molar-refractivity contribution in [1.82, 2.24) is 14.7 Å². The molecule has 4 rings (SSSR count). The van der Waals surface area contributed by atoms with Gasteiger partial charge >= 0.3 is 5.97 Å². The largest absolute Gasteiger partial charge is 0.463 e. The normalized spacial score (nSPS) is 34.7. The number of likely N-dealkylation sites (N-methyl/N-ethyl adjacent to an activating group) is 1. The number of likely N-dealkylation sites (tertiary alicyclic amines) is 1. The number of aliphatic hydroxyl groups is 1. The maximum atomic E-state index is 14.4. The van der Waals surface area contributed by atoms with Crippen LogP contribution in [0.4, 0.5) is 0 Å². The lowest BCUT2D eigenvalue weighted by Crippen LogP contribution is -2.59. The minimum absolute atomic E-state index is 0.0482. The van der Waals surface area contributed by atoms with Crippen LogP contribution in [-0.2, 0) is 28.5 Å². The van der Waals surface area contributed by atoms with Crippen molar-refractivity contribution < 1.29 is 38.4 Å². The van der Waals surface area contributed by atoms with Crippen molar-refractivity contribution >= 4 is 17.7 Å². The molecule has 1 aromatic rings. The van der Waals surface area contributed by atoms with Crippen molar-refractivity contribution in [2.45, 2.75) is 129 Å². The first-order valence-electron chi connectivity index (χ1n) is 19.5. The number of ketones is 1. The number of amides is 1. The smallest absolute Gasteiger partial charge is 0.319 e. The topological polar surface area (TPSA) is 118 Å². The first-order valence-corrected chi connectivity index (χ1v) is 19.5. The quantitative estimate of drug-likeness (QED) is 0.274. The van der Waals surface area contributed by atoms with Crippen molar-refractivity contribution in [1.29, 1.82) is 0 Å². The number of carbonyl (C=O) groups excluding carboxylic acids is 3. The van der Waals surface area contributed by atoms with Crippen molar-refractivity contribution in [3.63, 3.8) is 0 Å². The summed E-state index contributed by atoms with van der Waals surface area (Å²) in [5, 5.41) is 11.4. The van der Waals surface area contributed by atoms with Gasteiger partial charge in [-0.1, -0.05) is 39.0 Å². The lowest BCUT2D eigenvalue weighted by molar-refractivity contribution is -0.295. The fourth-order valence-electron chi connectivity index (χ4n) is 8.77. The molecule has 0 bridgehead atoms. The Labute approximate surface area is 312 Å². The number of cyclic esters (lactones) is 1. The molecule has 0 aliphatic carbocycles. The van der Waals surface area contributed by atoms with Gasteiger partial charge in [-0.2, -0.15) is 0 Å². The second-order valence-electron chi connectivity index (χ2n) is 16.8. The number of Topliss-reactive ketones (excluding diaryl/α,β-unsaturated/α-hetero) is 1. The highest BCUT2D eigenvalue weighted by Gasteiger charge is 2.51. The maximum Gasteiger partial charge on any atom is 0.319 e. The van der Waals surface area contributed by atoms with Gasteiger partial charge in [-0.3, -0.25) is 19.3 Å². The molecule has 0 spiro atoms. The van der Waals surface area contributed by atoms with Gasteiger partial charge in [-0.25, -0.2) is 0 Å². The standard InChI is InChI=1S/C41H67N3O8/c1-11-19-44-25-27(2)24-41(7,49-10)36(52-38-34(45)33(42(8)9)22-28(3)51-38)29(4)35(46)40(5,6)39(48)50-26-32(44)23-30-17-20-43(21-18-30)37(47)31-15-13-12-14-16-31/h12-16,27-30,32-34,36,38,45H,11,17-26H2,1-10H3/t27-,28-,29+,32-,33+,34-,36-,38+,41-/m1/s1. The fraction of sp³-hybridized carbons (Fsp3) is 0.780. The van der Waals surface area contributed by atoms with Crippen molar-refractivity contribution in [3.8, 4) is 0 Å². The molecule has 9 atom stereocenters. The van der Waals surface area contributed by atoms with E-state index in [1.54, 1.807) is 27.9 Å². The maximum absolute atomic E-state index is 14.4. The molecule has 3 fully saturated rings. The minimum Gasteiger partial charge on any atom is -0.463 e. The van der Waals surface area contributed by atoms with Crippen LogP contribution in [0.5, 0.6) is 0 Å². The molecule has 52 heavy (non-hydrogen) atoms. The third-order valence-electron chi connectivity index (χ3n) is 11.9. The number of rotatable bonds is 9. The third-order valence-corrected chi connectivity index (χ3v) is 11.9. The molecule has 0 radical (unpaired) electrons. The average molecular weight is 730 g/mol. The molecule has 1 aromatic carbocycles. The molecule has 294 valence electrons. The SMILES string of the molecule is CCCN1C[C@H](C)C[C@@](C)(OC)[C@H](O[C@@H]2O[C@H](C)C[C@H](N(C)C)[C@H]2O)[C@@H](C)C(=O)C(C)(C)C(=O)OC[C@H]1CC1CCN(C(=O)c2ccccc2)CC1. The van der Waals surface area contributed by atoms with Gasteiger partial charge in [0, 0.05) is 50.3 Å². The monoisotopic (exact) mass is 729 g/mol. The van der Waals surface area contributed by atoms with E-state index in [9.17, 15) is 19.5 Å². The van der Waals surface area contributed by atoms with Gasteiger partial charge in [-0.15, -0.1) is 0 Å². The van der Waals surface area contributed by atoms with Gasteiger partial charge in [-0.05, 0) is 111 Å². The van der Waals surface area contributed by atoms with Crippen molar-refractivity contribution in [3.05, 3.63) is 35.9 Å². The van der Waals surface area contributed by atoms with E-state index >= 15 is 0 Å². The van der Waals surface area contributed by atoms with Crippen LogP contribution in [0.15, 0.2) is 30.3 Å². The molecule has 3 aliphatic rings. The van der Waals surface area contributed by atoms with Crippen LogP contribution in [0.1, 0.15) is 97.3 Å².